The first-order valence-electron chi connectivity index (χ1n) is 8.98. The number of sulfonamides is 1. The number of nitrogens with zero attached hydrogens (tertiary/aromatic N) is 1. The Labute approximate surface area is 159 Å². The highest BCUT2D eigenvalue weighted by molar-refractivity contribution is 7.89. The molecule has 144 valence electrons. The second-order valence-corrected chi connectivity index (χ2v) is 8.94. The van der Waals surface area contributed by atoms with E-state index in [9.17, 15) is 13.2 Å². The first kappa shape index (κ1) is 19.6. The number of quaternary nitrogens is 1. The molecule has 1 aromatic carbocycles. The van der Waals surface area contributed by atoms with Crippen LogP contribution in [0.3, 0.4) is 0 Å². The molecule has 2 saturated heterocycles. The quantitative estimate of drug-likeness (QED) is 0.688. The van der Waals surface area contributed by atoms with E-state index in [0.717, 1.165) is 45.7 Å². The molecule has 2 fully saturated rings. The van der Waals surface area contributed by atoms with Gasteiger partial charge in [0.1, 0.15) is 18.0 Å². The highest BCUT2D eigenvalue weighted by Gasteiger charge is 2.29. The normalized spacial score (nSPS) is 19.6. The summed E-state index contributed by atoms with van der Waals surface area (Å²) in [4.78, 5) is 13.8. The number of morpholine rings is 1. The predicted molar refractivity (Wildman–Crippen MR) is 98.2 cm³/mol. The van der Waals surface area contributed by atoms with Crippen LogP contribution in [-0.4, -0.2) is 71.1 Å². The summed E-state index contributed by atoms with van der Waals surface area (Å²) in [7, 11) is -3.66. The number of halogens is 1. The van der Waals surface area contributed by atoms with E-state index >= 15 is 0 Å². The minimum Gasteiger partial charge on any atom is -0.370 e. The second kappa shape index (κ2) is 8.67. The van der Waals surface area contributed by atoms with Crippen LogP contribution in [0, 0.1) is 0 Å². The summed E-state index contributed by atoms with van der Waals surface area (Å²) in [6.07, 6.45) is 1.70. The molecular formula is C17H25ClN3O4S+. The number of ether oxygens (including phenoxy) is 1. The number of carbonyl (C=O) groups is 1. The lowest BCUT2D eigenvalue weighted by Gasteiger charge is -2.23. The van der Waals surface area contributed by atoms with E-state index in [4.69, 9.17) is 16.3 Å². The van der Waals surface area contributed by atoms with Crippen LogP contribution in [0.2, 0.25) is 5.02 Å². The Bertz CT molecular complexity index is 744. The van der Waals surface area contributed by atoms with Crippen molar-refractivity contribution in [2.45, 2.75) is 17.7 Å². The number of rotatable bonds is 6. The number of amides is 1. The first-order valence-corrected chi connectivity index (χ1v) is 10.8. The monoisotopic (exact) mass is 402 g/mol. The lowest BCUT2D eigenvalue weighted by Crippen LogP contribution is -3.14. The Morgan fingerprint density at radius 3 is 2.62 bits per heavy atom. The van der Waals surface area contributed by atoms with Crippen LogP contribution in [0.1, 0.15) is 23.2 Å². The number of benzene rings is 1. The van der Waals surface area contributed by atoms with Crippen molar-refractivity contribution in [1.82, 2.24) is 9.62 Å². The van der Waals surface area contributed by atoms with Gasteiger partial charge in [-0.05, 0) is 31.0 Å². The number of carbonyl (C=O) groups excluding carboxylic acids is 1. The van der Waals surface area contributed by atoms with Crippen LogP contribution < -0.4 is 10.2 Å². The van der Waals surface area contributed by atoms with Gasteiger partial charge in [0.15, 0.2) is 0 Å². The molecule has 9 heteroatoms. The van der Waals surface area contributed by atoms with Gasteiger partial charge in [0.2, 0.25) is 10.0 Å². The third-order valence-electron chi connectivity index (χ3n) is 4.84. The molecule has 1 amide bonds. The lowest BCUT2D eigenvalue weighted by atomic mass is 10.2. The molecule has 2 aliphatic rings. The summed E-state index contributed by atoms with van der Waals surface area (Å²) in [5, 5.41) is 3.01. The number of hydrogen-bond acceptors (Lipinski definition) is 4. The molecule has 3 rings (SSSR count). The van der Waals surface area contributed by atoms with Crippen LogP contribution in [0.4, 0.5) is 0 Å². The molecule has 7 nitrogen and oxygen atoms in total. The van der Waals surface area contributed by atoms with Gasteiger partial charge in [-0.1, -0.05) is 11.6 Å². The van der Waals surface area contributed by atoms with Crippen molar-refractivity contribution in [3.63, 3.8) is 0 Å². The van der Waals surface area contributed by atoms with Crippen LogP contribution in [0.5, 0.6) is 0 Å². The Morgan fingerprint density at radius 1 is 1.23 bits per heavy atom. The van der Waals surface area contributed by atoms with Gasteiger partial charge in [-0.3, -0.25) is 4.79 Å². The average Bonchev–Trinajstić information content (AvgIpc) is 3.18. The summed E-state index contributed by atoms with van der Waals surface area (Å²) in [5.74, 6) is -0.285. The molecule has 26 heavy (non-hydrogen) atoms. The van der Waals surface area contributed by atoms with Crippen LogP contribution >= 0.6 is 11.6 Å². The molecule has 0 unspecified atom stereocenters. The molecule has 0 radical (unpaired) electrons. The molecule has 0 aromatic heterocycles. The van der Waals surface area contributed by atoms with Crippen molar-refractivity contribution < 1.29 is 22.8 Å². The fourth-order valence-electron chi connectivity index (χ4n) is 3.27. The summed E-state index contributed by atoms with van der Waals surface area (Å²) in [6, 6.07) is 4.42. The Hall–Kier alpha value is -1.19. The highest BCUT2D eigenvalue weighted by Crippen LogP contribution is 2.28. The number of hydrogen-bond donors (Lipinski definition) is 2. The maximum atomic E-state index is 12.7. The zero-order valence-corrected chi connectivity index (χ0v) is 16.2. The van der Waals surface area contributed by atoms with Gasteiger partial charge in [0.25, 0.3) is 5.91 Å². The lowest BCUT2D eigenvalue weighted by molar-refractivity contribution is -0.906. The summed E-state index contributed by atoms with van der Waals surface area (Å²) in [5.41, 5.74) is 0.309. The van der Waals surface area contributed by atoms with Gasteiger partial charge in [0, 0.05) is 18.7 Å². The van der Waals surface area contributed by atoms with Crippen molar-refractivity contribution in [2.24, 2.45) is 0 Å². The minimum absolute atomic E-state index is 0.00696. The molecule has 0 bridgehead atoms. The van der Waals surface area contributed by atoms with E-state index in [1.54, 1.807) is 6.07 Å². The van der Waals surface area contributed by atoms with Crippen molar-refractivity contribution in [2.75, 3.05) is 52.5 Å². The van der Waals surface area contributed by atoms with Crippen molar-refractivity contribution in [1.29, 1.82) is 0 Å². The Morgan fingerprint density at radius 2 is 1.92 bits per heavy atom. The SMILES string of the molecule is O=C(NCC[NH+]1CCOCC1)c1ccc(Cl)c(S(=O)(=O)N2CCCC2)c1. The smallest absolute Gasteiger partial charge is 0.251 e. The van der Waals surface area contributed by atoms with E-state index in [1.807, 2.05) is 0 Å². The Kier molecular flexibility index (Phi) is 6.52. The van der Waals surface area contributed by atoms with E-state index < -0.39 is 10.0 Å². The second-order valence-electron chi connectivity index (χ2n) is 6.62. The van der Waals surface area contributed by atoms with Crippen molar-refractivity contribution in [3.8, 4) is 0 Å². The standard InChI is InChI=1S/C17H24ClN3O4S/c18-15-4-3-14(13-16(15)26(23,24)21-6-1-2-7-21)17(22)19-5-8-20-9-11-25-12-10-20/h3-4,13H,1-2,5-12H2,(H,19,22)/p+1. The number of nitrogens with one attached hydrogen (secondary N) is 2. The molecule has 0 saturated carbocycles. The van der Waals surface area contributed by atoms with Gasteiger partial charge >= 0.3 is 0 Å². The molecule has 2 N–H and O–H groups in total. The average molecular weight is 403 g/mol. The van der Waals surface area contributed by atoms with E-state index in [0.29, 0.717) is 25.2 Å². The first-order chi connectivity index (χ1) is 12.5. The topological polar surface area (TPSA) is 80.1 Å². The fourth-order valence-corrected chi connectivity index (χ4v) is 5.29. The van der Waals surface area contributed by atoms with E-state index in [2.05, 4.69) is 5.32 Å². The summed E-state index contributed by atoms with van der Waals surface area (Å²) < 4.78 is 32.2. The third kappa shape index (κ3) is 4.55. The molecule has 1 aromatic rings. The Balaban J connectivity index is 1.65. The maximum Gasteiger partial charge on any atom is 0.251 e. The zero-order chi connectivity index (χ0) is 18.6. The predicted octanol–water partition coefficient (Wildman–Crippen LogP) is -0.231. The van der Waals surface area contributed by atoms with Crippen LogP contribution in [0.15, 0.2) is 23.1 Å². The molecular weight excluding hydrogens is 378 g/mol. The maximum absolute atomic E-state index is 12.7. The van der Waals surface area contributed by atoms with Crippen molar-refractivity contribution >= 4 is 27.5 Å². The van der Waals surface area contributed by atoms with Crippen LogP contribution in [-0.2, 0) is 14.8 Å². The van der Waals surface area contributed by atoms with Crippen molar-refractivity contribution in [3.05, 3.63) is 28.8 Å². The van der Waals surface area contributed by atoms with Gasteiger partial charge in [-0.15, -0.1) is 0 Å². The zero-order valence-electron chi connectivity index (χ0n) is 14.7. The van der Waals surface area contributed by atoms with Gasteiger partial charge in [-0.2, -0.15) is 4.31 Å². The van der Waals surface area contributed by atoms with Gasteiger partial charge < -0.3 is 15.0 Å². The van der Waals surface area contributed by atoms with Gasteiger partial charge in [-0.25, -0.2) is 8.42 Å². The molecule has 2 heterocycles. The fraction of sp³-hybridized carbons (Fsp3) is 0.588. The van der Waals surface area contributed by atoms with Gasteiger partial charge in [0.05, 0.1) is 31.3 Å². The minimum atomic E-state index is -3.66. The summed E-state index contributed by atoms with van der Waals surface area (Å²) >= 11 is 6.12. The highest BCUT2D eigenvalue weighted by atomic mass is 35.5. The largest absolute Gasteiger partial charge is 0.370 e. The third-order valence-corrected chi connectivity index (χ3v) is 7.22. The molecule has 2 aliphatic heterocycles. The molecule has 0 atom stereocenters. The molecule has 0 aliphatic carbocycles. The van der Waals surface area contributed by atoms with E-state index in [-0.39, 0.29) is 15.8 Å². The summed E-state index contributed by atoms with van der Waals surface area (Å²) in [6.45, 7) is 5.72. The van der Waals surface area contributed by atoms with E-state index in [1.165, 1.54) is 21.3 Å². The molecule has 0 spiro atoms. The van der Waals surface area contributed by atoms with Crippen LogP contribution in [0.25, 0.3) is 0 Å².